The summed E-state index contributed by atoms with van der Waals surface area (Å²) in [6.07, 6.45) is 0.754. The van der Waals surface area contributed by atoms with Crippen LogP contribution in [0.25, 0.3) is 0 Å². The average Bonchev–Trinajstić information content (AvgIpc) is 2.71. The van der Waals surface area contributed by atoms with Crippen LogP contribution in [-0.2, 0) is 19.4 Å². The van der Waals surface area contributed by atoms with E-state index < -0.39 is 0 Å². The van der Waals surface area contributed by atoms with E-state index in [1.165, 1.54) is 17.0 Å². The van der Waals surface area contributed by atoms with Gasteiger partial charge in [0.25, 0.3) is 5.56 Å². The summed E-state index contributed by atoms with van der Waals surface area (Å²) < 4.78 is 13.4. The molecule has 1 aliphatic rings. The minimum absolute atomic E-state index is 0.127. The number of benzene rings is 2. The van der Waals surface area contributed by atoms with Crippen molar-refractivity contribution in [2.75, 3.05) is 11.9 Å². The maximum atomic E-state index is 13.4. The number of hydrogen-bond acceptors (Lipinski definition) is 3. The van der Waals surface area contributed by atoms with Gasteiger partial charge < -0.3 is 15.2 Å². The molecule has 0 spiro atoms. The number of aromatic amines is 1. The fraction of sp³-hybridized carbons (Fsp3) is 0.190. The summed E-state index contributed by atoms with van der Waals surface area (Å²) in [4.78, 5) is 34.0. The maximum Gasteiger partial charge on any atom is 0.322 e. The summed E-state index contributed by atoms with van der Waals surface area (Å²) in [6, 6.07) is 10.7. The van der Waals surface area contributed by atoms with Crippen molar-refractivity contribution in [3.8, 4) is 0 Å². The maximum absolute atomic E-state index is 13.4. The highest BCUT2D eigenvalue weighted by Gasteiger charge is 2.25. The molecule has 0 aliphatic carbocycles. The normalized spacial score (nSPS) is 13.1. The zero-order valence-corrected chi connectivity index (χ0v) is 17.2. The molecule has 2 aromatic carbocycles. The van der Waals surface area contributed by atoms with Crippen LogP contribution in [0.5, 0.6) is 0 Å². The van der Waals surface area contributed by atoms with E-state index in [4.69, 9.17) is 23.2 Å². The summed E-state index contributed by atoms with van der Waals surface area (Å²) in [6.45, 7) is 0.523. The van der Waals surface area contributed by atoms with Crippen molar-refractivity contribution in [1.29, 1.82) is 0 Å². The first kappa shape index (κ1) is 20.4. The van der Waals surface area contributed by atoms with Gasteiger partial charge in [-0.15, -0.1) is 0 Å². The monoisotopic (exact) mass is 446 g/mol. The summed E-state index contributed by atoms with van der Waals surface area (Å²) in [5.41, 5.74) is 1.90. The fourth-order valence-electron chi connectivity index (χ4n) is 3.37. The van der Waals surface area contributed by atoms with Crippen molar-refractivity contribution in [3.63, 3.8) is 0 Å². The van der Waals surface area contributed by atoms with Crippen molar-refractivity contribution in [2.24, 2.45) is 0 Å². The number of aromatic nitrogens is 2. The molecule has 1 aromatic heterocycles. The predicted octanol–water partition coefficient (Wildman–Crippen LogP) is 4.40. The Balaban J connectivity index is 1.50. The molecular weight excluding hydrogens is 430 g/mol. The Morgan fingerprint density at radius 1 is 1.23 bits per heavy atom. The SMILES string of the molecule is O=C(Nc1cccc(Cl)c1Cl)N1CCc2nc(Cc3cccc(F)c3)[nH]c(=O)c2C1. The minimum atomic E-state index is -0.381. The molecule has 2 N–H and O–H groups in total. The van der Waals surface area contributed by atoms with Crippen molar-refractivity contribution < 1.29 is 9.18 Å². The number of nitrogens with one attached hydrogen (secondary N) is 2. The molecule has 0 saturated heterocycles. The van der Waals surface area contributed by atoms with Crippen LogP contribution in [0.1, 0.15) is 22.6 Å². The molecule has 30 heavy (non-hydrogen) atoms. The van der Waals surface area contributed by atoms with E-state index in [0.29, 0.717) is 52.7 Å². The highest BCUT2D eigenvalue weighted by Crippen LogP contribution is 2.30. The van der Waals surface area contributed by atoms with E-state index in [1.54, 1.807) is 30.3 Å². The predicted molar refractivity (Wildman–Crippen MR) is 114 cm³/mol. The molecule has 6 nitrogen and oxygen atoms in total. The van der Waals surface area contributed by atoms with Gasteiger partial charge in [0.1, 0.15) is 11.6 Å². The molecule has 9 heteroatoms. The Bertz CT molecular complexity index is 1180. The number of amides is 2. The fourth-order valence-corrected chi connectivity index (χ4v) is 3.72. The molecule has 0 saturated carbocycles. The lowest BCUT2D eigenvalue weighted by Gasteiger charge is -2.28. The smallest absolute Gasteiger partial charge is 0.320 e. The molecule has 0 bridgehead atoms. The average molecular weight is 447 g/mol. The number of H-pyrrole nitrogens is 1. The summed E-state index contributed by atoms with van der Waals surface area (Å²) in [5.74, 6) is 0.127. The topological polar surface area (TPSA) is 78.1 Å². The number of hydrogen-bond donors (Lipinski definition) is 2. The number of anilines is 1. The zero-order valence-electron chi connectivity index (χ0n) is 15.7. The number of fused-ring (bicyclic) bond motifs is 1. The van der Waals surface area contributed by atoms with Crippen LogP contribution in [0.4, 0.5) is 14.9 Å². The largest absolute Gasteiger partial charge is 0.322 e. The van der Waals surface area contributed by atoms with E-state index in [0.717, 1.165) is 0 Å². The summed E-state index contributed by atoms with van der Waals surface area (Å²) in [7, 11) is 0. The first-order valence-corrected chi connectivity index (χ1v) is 10.0. The van der Waals surface area contributed by atoms with Crippen molar-refractivity contribution in [3.05, 3.63) is 91.3 Å². The quantitative estimate of drug-likeness (QED) is 0.625. The second-order valence-corrected chi connectivity index (χ2v) is 7.73. The van der Waals surface area contributed by atoms with E-state index in [2.05, 4.69) is 15.3 Å². The number of carbonyl (C=O) groups excluding carboxylic acids is 1. The van der Waals surface area contributed by atoms with E-state index >= 15 is 0 Å². The van der Waals surface area contributed by atoms with E-state index in [9.17, 15) is 14.0 Å². The molecule has 3 aromatic rings. The van der Waals surface area contributed by atoms with Gasteiger partial charge in [-0.3, -0.25) is 4.79 Å². The van der Waals surface area contributed by atoms with Gasteiger partial charge in [0.05, 0.1) is 33.5 Å². The second-order valence-electron chi connectivity index (χ2n) is 6.95. The van der Waals surface area contributed by atoms with Crippen LogP contribution in [0.3, 0.4) is 0 Å². The van der Waals surface area contributed by atoms with Crippen molar-refractivity contribution in [2.45, 2.75) is 19.4 Å². The Morgan fingerprint density at radius 3 is 2.83 bits per heavy atom. The Hall–Kier alpha value is -2.90. The summed E-state index contributed by atoms with van der Waals surface area (Å²) >= 11 is 12.1. The van der Waals surface area contributed by atoms with Gasteiger partial charge in [-0.2, -0.15) is 0 Å². The van der Waals surface area contributed by atoms with Crippen molar-refractivity contribution in [1.82, 2.24) is 14.9 Å². The van der Waals surface area contributed by atoms with Gasteiger partial charge in [0, 0.05) is 19.4 Å². The van der Waals surface area contributed by atoms with Crippen LogP contribution < -0.4 is 10.9 Å². The molecule has 0 atom stereocenters. The van der Waals surface area contributed by atoms with Gasteiger partial charge in [0.15, 0.2) is 0 Å². The molecule has 2 heterocycles. The van der Waals surface area contributed by atoms with Crippen LogP contribution in [-0.4, -0.2) is 27.4 Å². The molecule has 0 fully saturated rings. The lowest BCUT2D eigenvalue weighted by Crippen LogP contribution is -2.42. The Labute approximate surface area is 181 Å². The molecule has 154 valence electrons. The van der Waals surface area contributed by atoms with Crippen LogP contribution >= 0.6 is 23.2 Å². The Morgan fingerprint density at radius 2 is 2.03 bits per heavy atom. The third-order valence-electron chi connectivity index (χ3n) is 4.86. The number of nitrogens with zero attached hydrogens (tertiary/aromatic N) is 2. The van der Waals surface area contributed by atoms with E-state index in [-0.39, 0.29) is 29.0 Å². The second kappa shape index (κ2) is 8.45. The first-order valence-electron chi connectivity index (χ1n) is 9.26. The van der Waals surface area contributed by atoms with E-state index in [1.807, 2.05) is 0 Å². The summed E-state index contributed by atoms with van der Waals surface area (Å²) in [5, 5.41) is 3.32. The zero-order chi connectivity index (χ0) is 21.3. The van der Waals surface area contributed by atoms with Gasteiger partial charge in [0.2, 0.25) is 0 Å². The molecular formula is C21H17Cl2FN4O2. The molecule has 2 amide bonds. The van der Waals surface area contributed by atoms with Gasteiger partial charge in [-0.1, -0.05) is 41.4 Å². The molecule has 4 rings (SSSR count). The third kappa shape index (κ3) is 4.32. The molecule has 1 aliphatic heterocycles. The molecule has 0 radical (unpaired) electrons. The Kier molecular flexibility index (Phi) is 5.74. The van der Waals surface area contributed by atoms with Gasteiger partial charge in [-0.05, 0) is 29.8 Å². The highest BCUT2D eigenvalue weighted by atomic mass is 35.5. The number of carbonyl (C=O) groups is 1. The number of urea groups is 1. The first-order chi connectivity index (χ1) is 14.4. The third-order valence-corrected chi connectivity index (χ3v) is 5.68. The van der Waals surface area contributed by atoms with Crippen LogP contribution in [0, 0.1) is 5.82 Å². The molecule has 0 unspecified atom stereocenters. The number of rotatable bonds is 3. The highest BCUT2D eigenvalue weighted by molar-refractivity contribution is 6.43. The lowest BCUT2D eigenvalue weighted by atomic mass is 10.1. The standard InChI is InChI=1S/C21H17Cl2FN4O2/c22-15-5-2-6-17(19(15)23)26-21(30)28-8-7-16-14(11-28)20(29)27-18(25-16)10-12-3-1-4-13(24)9-12/h1-6,9H,7-8,10-11H2,(H,26,30)(H,25,27,29). The van der Waals surface area contributed by atoms with Gasteiger partial charge in [-0.25, -0.2) is 14.2 Å². The van der Waals surface area contributed by atoms with Crippen molar-refractivity contribution >= 4 is 34.9 Å². The van der Waals surface area contributed by atoms with Crippen LogP contribution in [0.15, 0.2) is 47.3 Å². The minimum Gasteiger partial charge on any atom is -0.320 e. The van der Waals surface area contributed by atoms with Crippen LogP contribution in [0.2, 0.25) is 10.0 Å². The lowest BCUT2D eigenvalue weighted by molar-refractivity contribution is 0.205. The van der Waals surface area contributed by atoms with Gasteiger partial charge >= 0.3 is 6.03 Å². The number of halogens is 3.